The summed E-state index contributed by atoms with van der Waals surface area (Å²) in [6.07, 6.45) is 3.58. The fraction of sp³-hybridized carbons (Fsp3) is 0.850. The van der Waals surface area contributed by atoms with Crippen molar-refractivity contribution >= 4 is 17.9 Å². The second-order valence-corrected chi connectivity index (χ2v) is 12.3. The summed E-state index contributed by atoms with van der Waals surface area (Å²) >= 11 is -0.133. The van der Waals surface area contributed by atoms with E-state index >= 15 is 0 Å². The Balaban J connectivity index is 1.35. The molecule has 1 N–H and O–H groups in total. The van der Waals surface area contributed by atoms with Gasteiger partial charge in [0.2, 0.25) is 0 Å². The van der Waals surface area contributed by atoms with Crippen molar-refractivity contribution < 1.29 is 50.1 Å². The molecule has 2 saturated heterocycles. The fourth-order valence-electron chi connectivity index (χ4n) is 5.69. The molecule has 7 atom stereocenters. The van der Waals surface area contributed by atoms with E-state index in [1.807, 2.05) is 20.8 Å². The Kier molecular flexibility index (Phi) is 4.29. The van der Waals surface area contributed by atoms with Crippen molar-refractivity contribution in [2.24, 2.45) is 29.1 Å². The average molecular weight is 504 g/mol. The molecule has 0 aromatic carbocycles. The summed E-state index contributed by atoms with van der Waals surface area (Å²) in [7, 11) is 0. The molecule has 0 aromatic rings. The van der Waals surface area contributed by atoms with Gasteiger partial charge in [0.05, 0.1) is 0 Å². The van der Waals surface area contributed by atoms with E-state index in [9.17, 15) is 14.4 Å². The number of carbonyl (C=O) groups is 3. The Bertz CT molecular complexity index is 728. The van der Waals surface area contributed by atoms with E-state index in [0.717, 1.165) is 25.7 Å². The van der Waals surface area contributed by atoms with Crippen molar-refractivity contribution in [3.63, 3.8) is 0 Å². The molecular weight excluding hydrogens is 477 g/mol. The van der Waals surface area contributed by atoms with Crippen LogP contribution >= 0.6 is 0 Å². The zero-order chi connectivity index (χ0) is 19.8. The number of carbonyl (C=O) groups excluding carboxylic acids is 3. The van der Waals surface area contributed by atoms with E-state index in [1.165, 1.54) is 0 Å². The molecule has 28 heavy (non-hydrogen) atoms. The summed E-state index contributed by atoms with van der Waals surface area (Å²) in [4.78, 5) is 38.4. The van der Waals surface area contributed by atoms with E-state index in [1.54, 1.807) is 0 Å². The number of rotatable bonds is 5. The predicted octanol–water partition coefficient (Wildman–Crippen LogP) is -1.46. The molecule has 8 heteroatoms. The molecule has 0 amide bonds. The van der Waals surface area contributed by atoms with Gasteiger partial charge < -0.3 is 0 Å². The van der Waals surface area contributed by atoms with Crippen LogP contribution in [0.15, 0.2) is 0 Å². The van der Waals surface area contributed by atoms with Gasteiger partial charge in [0, 0.05) is 0 Å². The number of nitrogens with one attached hydrogen (secondary N) is 1. The van der Waals surface area contributed by atoms with Gasteiger partial charge in [-0.15, -0.1) is 0 Å². The molecular formula is C20H27INO6-. The summed E-state index contributed by atoms with van der Waals surface area (Å²) in [5, 5.41) is 0. The monoisotopic (exact) mass is 504 g/mol. The van der Waals surface area contributed by atoms with Crippen molar-refractivity contribution in [1.29, 1.82) is 0 Å². The maximum absolute atomic E-state index is 13.1. The second-order valence-electron chi connectivity index (χ2n) is 9.77. The Labute approximate surface area is 175 Å². The molecule has 2 heterocycles. The first-order chi connectivity index (χ1) is 13.2. The van der Waals surface area contributed by atoms with Crippen LogP contribution in [0.3, 0.4) is 0 Å². The molecule has 0 aromatic heterocycles. The van der Waals surface area contributed by atoms with Crippen LogP contribution in [0.2, 0.25) is 0 Å². The van der Waals surface area contributed by atoms with Gasteiger partial charge in [-0.2, -0.15) is 0 Å². The van der Waals surface area contributed by atoms with Crippen LogP contribution in [0.1, 0.15) is 52.9 Å². The number of ether oxygens (including phenoxy) is 3. The quantitative estimate of drug-likeness (QED) is 0.0930. The number of hydrogen-bond acceptors (Lipinski definition) is 7. The molecule has 0 radical (unpaired) electrons. The molecule has 156 valence electrons. The van der Waals surface area contributed by atoms with E-state index in [-0.39, 0.29) is 55.3 Å². The van der Waals surface area contributed by atoms with Crippen LogP contribution in [-0.2, 0) is 28.6 Å². The van der Waals surface area contributed by atoms with Gasteiger partial charge in [0.1, 0.15) is 0 Å². The first-order valence-electron chi connectivity index (χ1n) is 10.2. The Morgan fingerprint density at radius 1 is 1.25 bits per heavy atom. The average Bonchev–Trinajstić information content (AvgIpc) is 3.09. The van der Waals surface area contributed by atoms with E-state index in [4.69, 9.17) is 14.2 Å². The Morgan fingerprint density at radius 2 is 1.93 bits per heavy atom. The Hall–Kier alpha value is -0.900. The van der Waals surface area contributed by atoms with Gasteiger partial charge in [0.15, 0.2) is 0 Å². The third-order valence-electron chi connectivity index (χ3n) is 7.45. The van der Waals surface area contributed by atoms with E-state index in [2.05, 4.69) is 3.53 Å². The van der Waals surface area contributed by atoms with Gasteiger partial charge in [-0.1, -0.05) is 0 Å². The van der Waals surface area contributed by atoms with Crippen LogP contribution < -0.4 is 25.0 Å². The van der Waals surface area contributed by atoms with Crippen molar-refractivity contribution in [2.45, 2.75) is 74.7 Å². The molecule has 7 nitrogen and oxygen atoms in total. The third-order valence-corrected chi connectivity index (χ3v) is 10.3. The number of fused-ring (bicyclic) bond motifs is 1. The minimum atomic E-state index is -0.593. The maximum atomic E-state index is 13.1. The van der Waals surface area contributed by atoms with Crippen molar-refractivity contribution in [3.8, 4) is 0 Å². The SMILES string of the molecule is CC1(OC(=O)C2C3CC4C(OC(=O)C42)C3OC(=O)C(C)(C)C2N[I-]2)CCCC1. The molecule has 5 rings (SSSR count). The third kappa shape index (κ3) is 2.80. The van der Waals surface area contributed by atoms with Crippen molar-refractivity contribution in [3.05, 3.63) is 0 Å². The first kappa shape index (κ1) is 19.1. The van der Waals surface area contributed by atoms with Gasteiger partial charge >= 0.3 is 175 Å². The number of halogens is 1. The van der Waals surface area contributed by atoms with E-state index in [0.29, 0.717) is 6.42 Å². The summed E-state index contributed by atoms with van der Waals surface area (Å²) < 4.78 is 20.9. The van der Waals surface area contributed by atoms with Crippen LogP contribution in [0.5, 0.6) is 0 Å². The Morgan fingerprint density at radius 3 is 2.57 bits per heavy atom. The normalized spacial score (nSPS) is 42.7. The summed E-state index contributed by atoms with van der Waals surface area (Å²) in [5.74, 6) is -2.14. The molecule has 2 aliphatic heterocycles. The summed E-state index contributed by atoms with van der Waals surface area (Å²) in [5.41, 5.74) is -1.03. The predicted molar refractivity (Wildman–Crippen MR) is 92.0 cm³/mol. The number of hydrogen-bond donors (Lipinski definition) is 1. The molecule has 5 aliphatic rings. The standard InChI is InChI=1S/C20H27INO6/c1-19(2,17-21-22-17)18(25)27-14-10-8-9-11(15(23)26-13(9)14)12(10)16(24)28-20(3)6-4-5-7-20/h9-14,17,22H,4-8H2,1-3H3/q-1. The molecule has 3 saturated carbocycles. The summed E-state index contributed by atoms with van der Waals surface area (Å²) in [6, 6.07) is 0. The number of esters is 3. The van der Waals surface area contributed by atoms with Gasteiger partial charge in [-0.25, -0.2) is 0 Å². The van der Waals surface area contributed by atoms with Gasteiger partial charge in [0.25, 0.3) is 0 Å². The van der Waals surface area contributed by atoms with E-state index < -0.39 is 35.1 Å². The van der Waals surface area contributed by atoms with Crippen LogP contribution in [0.25, 0.3) is 0 Å². The zero-order valence-corrected chi connectivity index (χ0v) is 18.6. The molecule has 0 spiro atoms. The van der Waals surface area contributed by atoms with Crippen LogP contribution in [0.4, 0.5) is 0 Å². The molecule has 2 bridgehead atoms. The minimum absolute atomic E-state index is 0.0428. The fourth-order valence-corrected chi connectivity index (χ4v) is 7.68. The van der Waals surface area contributed by atoms with Crippen LogP contribution in [-0.4, -0.2) is 39.8 Å². The second kappa shape index (κ2) is 6.30. The molecule has 5 fully saturated rings. The first-order valence-corrected chi connectivity index (χ1v) is 12.6. The van der Waals surface area contributed by atoms with Crippen molar-refractivity contribution in [1.82, 2.24) is 3.53 Å². The van der Waals surface area contributed by atoms with Crippen LogP contribution in [0, 0.1) is 29.1 Å². The summed E-state index contributed by atoms with van der Waals surface area (Å²) in [6.45, 7) is 5.76. The number of alkyl halides is 1. The van der Waals surface area contributed by atoms with Gasteiger partial charge in [-0.05, 0) is 0 Å². The topological polar surface area (TPSA) is 101 Å². The zero-order valence-electron chi connectivity index (χ0n) is 16.4. The van der Waals surface area contributed by atoms with Crippen molar-refractivity contribution in [2.75, 3.05) is 0 Å². The molecule has 7 unspecified atom stereocenters. The molecule has 3 aliphatic carbocycles. The van der Waals surface area contributed by atoms with Gasteiger partial charge in [-0.3, -0.25) is 0 Å².